The topological polar surface area (TPSA) is 126 Å². The van der Waals surface area contributed by atoms with Crippen LogP contribution in [0.1, 0.15) is 41.5 Å². The Balaban J connectivity index is 1.22. The molecule has 1 spiro atoms. The molecule has 5 atom stereocenters. The molecule has 7 rings (SSSR count). The second-order valence-corrected chi connectivity index (χ2v) is 13.0. The number of amides is 1. The number of phenolic OH excluding ortho intramolecular Hbond substituents is 1. The van der Waals surface area contributed by atoms with E-state index in [0.717, 1.165) is 24.1 Å². The van der Waals surface area contributed by atoms with Crippen LogP contribution in [0.5, 0.6) is 17.2 Å². The van der Waals surface area contributed by atoms with Gasteiger partial charge >= 0.3 is 6.36 Å². The fraction of sp³-hybridized carbons (Fsp3) is 0.400. The minimum Gasteiger partial charge on any atom is -0.504 e. The molecule has 0 unspecified atom stereocenters. The van der Waals surface area contributed by atoms with Crippen molar-refractivity contribution >= 4 is 17.7 Å². The molecule has 2 aliphatic carbocycles. The van der Waals surface area contributed by atoms with Gasteiger partial charge in [0, 0.05) is 36.8 Å². The smallest absolute Gasteiger partial charge is 0.504 e. The summed E-state index contributed by atoms with van der Waals surface area (Å²) in [4.78, 5) is 29.0. The van der Waals surface area contributed by atoms with E-state index in [1.54, 1.807) is 7.05 Å². The van der Waals surface area contributed by atoms with E-state index in [1.165, 1.54) is 35.3 Å². The molecule has 3 aromatic rings. The molecule has 1 amide bonds. The first kappa shape index (κ1) is 32.0. The van der Waals surface area contributed by atoms with E-state index in [2.05, 4.69) is 9.64 Å². The second kappa shape index (κ2) is 11.5. The maximum absolute atomic E-state index is 13.5. The van der Waals surface area contributed by atoms with Crippen LogP contribution in [0, 0.1) is 10.1 Å². The Morgan fingerprint density at radius 1 is 1.19 bits per heavy atom. The van der Waals surface area contributed by atoms with Gasteiger partial charge in [0.15, 0.2) is 11.5 Å². The number of aromatic hydroxyl groups is 1. The number of alkyl halides is 3. The Morgan fingerprint density at radius 3 is 2.69 bits per heavy atom. The summed E-state index contributed by atoms with van der Waals surface area (Å²) in [6.45, 7) is 1.21. The number of nitrogens with zero attached hydrogens (tertiary/aromatic N) is 3. The summed E-state index contributed by atoms with van der Waals surface area (Å²) in [6.07, 6.45) is -1.08. The van der Waals surface area contributed by atoms with Gasteiger partial charge in [0.25, 0.3) is 5.69 Å². The lowest BCUT2D eigenvalue weighted by atomic mass is 9.48. The summed E-state index contributed by atoms with van der Waals surface area (Å²) in [5, 5.41) is 36.1. The highest BCUT2D eigenvalue weighted by molar-refractivity contribution is 5.92. The van der Waals surface area contributed by atoms with E-state index < -0.39 is 52.1 Å². The number of nitro benzene ring substituents is 1. The predicted octanol–water partition coefficient (Wildman–Crippen LogP) is 5.14. The minimum absolute atomic E-state index is 0.111. The van der Waals surface area contributed by atoms with Crippen molar-refractivity contribution in [3.05, 3.63) is 99.1 Å². The SMILES string of the molecule is CN(C(=O)C=Cc1cccc(OC(F)(F)F)c1)[C@@H]1CC[C@@]2(O)[C@H]3Cc4c([N+](=O)[O-])cc(O)c5c4[C@@]2(CCN3CCc2ccccc2)[C@H]1O5. The third kappa shape index (κ3) is 5.07. The van der Waals surface area contributed by atoms with Crippen molar-refractivity contribution in [3.8, 4) is 17.2 Å². The van der Waals surface area contributed by atoms with Gasteiger partial charge in [-0.2, -0.15) is 0 Å². The lowest BCUT2D eigenvalue weighted by molar-refractivity contribution is -0.386. The minimum atomic E-state index is -4.86. The van der Waals surface area contributed by atoms with Crippen LogP contribution in [0.2, 0.25) is 0 Å². The third-order valence-electron chi connectivity index (χ3n) is 10.7. The largest absolute Gasteiger partial charge is 0.573 e. The lowest BCUT2D eigenvalue weighted by Gasteiger charge is -2.64. The van der Waals surface area contributed by atoms with Gasteiger partial charge < -0.3 is 24.6 Å². The number of rotatable bonds is 8. The predicted molar refractivity (Wildman–Crippen MR) is 168 cm³/mol. The molecule has 1 saturated carbocycles. The molecule has 2 bridgehead atoms. The van der Waals surface area contributed by atoms with E-state index in [1.807, 2.05) is 30.3 Å². The molecule has 252 valence electrons. The van der Waals surface area contributed by atoms with Crippen LogP contribution in [0.4, 0.5) is 18.9 Å². The third-order valence-corrected chi connectivity index (χ3v) is 10.7. The van der Waals surface area contributed by atoms with Crippen molar-refractivity contribution in [2.24, 2.45) is 0 Å². The number of benzene rings is 3. The lowest BCUT2D eigenvalue weighted by Crippen LogP contribution is -2.78. The number of carbonyl (C=O) groups excluding carboxylic acids is 1. The Kier molecular flexibility index (Phi) is 7.67. The van der Waals surface area contributed by atoms with Crippen LogP contribution in [0.25, 0.3) is 6.08 Å². The summed E-state index contributed by atoms with van der Waals surface area (Å²) >= 11 is 0. The molecule has 2 aliphatic heterocycles. The van der Waals surface area contributed by atoms with Gasteiger partial charge in [0.2, 0.25) is 5.91 Å². The van der Waals surface area contributed by atoms with Gasteiger partial charge in [0.1, 0.15) is 11.9 Å². The summed E-state index contributed by atoms with van der Waals surface area (Å²) < 4.78 is 48.6. The van der Waals surface area contributed by atoms with E-state index in [4.69, 9.17) is 4.74 Å². The zero-order valence-electron chi connectivity index (χ0n) is 26.0. The highest BCUT2D eigenvalue weighted by atomic mass is 19.4. The van der Waals surface area contributed by atoms with Crippen LogP contribution in [-0.4, -0.2) is 81.1 Å². The molecular weight excluding hydrogens is 631 g/mol. The molecule has 0 aromatic heterocycles. The molecule has 2 heterocycles. The number of halogens is 3. The van der Waals surface area contributed by atoms with Gasteiger partial charge in [-0.05, 0) is 68.0 Å². The van der Waals surface area contributed by atoms with Gasteiger partial charge in [-0.15, -0.1) is 13.2 Å². The second-order valence-electron chi connectivity index (χ2n) is 13.0. The average Bonchev–Trinajstić information content (AvgIpc) is 3.39. The van der Waals surface area contributed by atoms with Gasteiger partial charge in [-0.3, -0.25) is 19.8 Å². The molecule has 4 aliphatic rings. The monoisotopic (exact) mass is 665 g/mol. The van der Waals surface area contributed by atoms with Crippen LogP contribution >= 0.6 is 0 Å². The summed E-state index contributed by atoms with van der Waals surface area (Å²) in [5.41, 5.74) is -0.359. The normalized spacial score (nSPS) is 27.3. The van der Waals surface area contributed by atoms with Crippen LogP contribution in [-0.2, 0) is 23.1 Å². The molecule has 1 saturated heterocycles. The van der Waals surface area contributed by atoms with Crippen LogP contribution in [0.15, 0.2) is 66.7 Å². The standard InChI is InChI=1S/C35H34F3N3O7/c1-39(29(43)11-10-22-8-5-9-23(18-22)48-35(36,37)38)25-12-14-34(44)28-19-24-26(41(45)46)20-27(42)31-30(24)33(34,32(25)47-31)15-17-40(28)16-13-21-6-3-2-4-7-21/h2-11,18,20,25,28,32,42,44H,12-17,19H2,1H3/t25-,28-,32+,33+,34-/m1/s1. The number of likely N-dealkylation sites (tertiary alicyclic amines) is 1. The first-order valence-electron chi connectivity index (χ1n) is 15.8. The number of ether oxygens (including phenoxy) is 2. The summed E-state index contributed by atoms with van der Waals surface area (Å²) in [6, 6.07) is 15.3. The zero-order valence-corrected chi connectivity index (χ0v) is 26.0. The fourth-order valence-corrected chi connectivity index (χ4v) is 8.68. The van der Waals surface area contributed by atoms with E-state index in [9.17, 15) is 38.3 Å². The van der Waals surface area contributed by atoms with E-state index in [-0.39, 0.29) is 30.0 Å². The van der Waals surface area contributed by atoms with Gasteiger partial charge in [0.05, 0.1) is 28.0 Å². The molecule has 2 N–H and O–H groups in total. The van der Waals surface area contributed by atoms with Gasteiger partial charge in [-0.1, -0.05) is 42.5 Å². The molecule has 3 aromatic carbocycles. The average molecular weight is 666 g/mol. The van der Waals surface area contributed by atoms with Crippen LogP contribution < -0.4 is 9.47 Å². The summed E-state index contributed by atoms with van der Waals surface area (Å²) in [5.74, 6) is -1.14. The van der Waals surface area contributed by atoms with E-state index >= 15 is 0 Å². The number of nitro groups is 1. The fourth-order valence-electron chi connectivity index (χ4n) is 8.68. The first-order chi connectivity index (χ1) is 22.8. The summed E-state index contributed by atoms with van der Waals surface area (Å²) in [7, 11) is 1.59. The number of likely N-dealkylation sites (N-methyl/N-ethyl adjacent to an activating group) is 1. The molecule has 13 heteroatoms. The highest BCUT2D eigenvalue weighted by Crippen LogP contribution is 2.67. The molecular formula is C35H34F3N3O7. The Hall–Kier alpha value is -4.62. The highest BCUT2D eigenvalue weighted by Gasteiger charge is 2.74. The number of carbonyl (C=O) groups is 1. The number of hydrogen-bond acceptors (Lipinski definition) is 8. The van der Waals surface area contributed by atoms with Crippen molar-refractivity contribution in [2.45, 2.75) is 67.7 Å². The van der Waals surface area contributed by atoms with Crippen molar-refractivity contribution < 1.29 is 42.6 Å². The quantitative estimate of drug-likeness (QED) is 0.193. The Labute approximate surface area is 274 Å². The van der Waals surface area contributed by atoms with Crippen molar-refractivity contribution in [3.63, 3.8) is 0 Å². The van der Waals surface area contributed by atoms with Gasteiger partial charge in [-0.25, -0.2) is 0 Å². The van der Waals surface area contributed by atoms with E-state index in [0.29, 0.717) is 42.6 Å². The van der Waals surface area contributed by atoms with Crippen molar-refractivity contribution in [1.29, 1.82) is 0 Å². The number of hydrogen-bond donors (Lipinski definition) is 2. The van der Waals surface area contributed by atoms with Crippen LogP contribution in [0.3, 0.4) is 0 Å². The maximum atomic E-state index is 13.5. The number of aliphatic hydroxyl groups is 1. The first-order valence-corrected chi connectivity index (χ1v) is 15.8. The Morgan fingerprint density at radius 2 is 1.96 bits per heavy atom. The molecule has 10 nitrogen and oxygen atoms in total. The maximum Gasteiger partial charge on any atom is 0.573 e. The van der Waals surface area contributed by atoms with Crippen molar-refractivity contribution in [2.75, 3.05) is 20.1 Å². The molecule has 0 radical (unpaired) electrons. The van der Waals surface area contributed by atoms with Crippen molar-refractivity contribution in [1.82, 2.24) is 9.80 Å². The number of phenols is 1. The Bertz CT molecular complexity index is 1800. The molecule has 2 fully saturated rings. The molecule has 48 heavy (non-hydrogen) atoms. The number of piperidine rings is 1. The zero-order chi connectivity index (χ0) is 34.0.